The Morgan fingerprint density at radius 1 is 0.432 bits per heavy atom. The third-order valence-electron chi connectivity index (χ3n) is 24.5. The number of nitrogen functional groups attached to an aromatic ring is 2. The number of anilines is 5. The highest BCUT2D eigenvalue weighted by Gasteiger charge is 2.39. The van der Waals surface area contributed by atoms with Gasteiger partial charge < -0.3 is 51.1 Å². The average molecular weight is 1820 g/mol. The predicted molar refractivity (Wildman–Crippen MR) is 516 cm³/mol. The normalized spacial score (nSPS) is 17.0. The van der Waals surface area contributed by atoms with Crippen molar-refractivity contribution in [1.82, 2.24) is 78.2 Å². The van der Waals surface area contributed by atoms with Crippen molar-refractivity contribution in [2.45, 2.75) is 151 Å². The van der Waals surface area contributed by atoms with E-state index in [1.165, 1.54) is 62.5 Å². The number of fused-ring (bicyclic) bond motifs is 5. The number of phenolic OH excluding ortho intramolecular Hbond substituents is 2. The van der Waals surface area contributed by atoms with Crippen LogP contribution in [0.2, 0.25) is 10.0 Å². The molecule has 0 radical (unpaired) electrons. The van der Waals surface area contributed by atoms with Gasteiger partial charge in [-0.1, -0.05) is 139 Å². The topological polar surface area (TPSA) is 358 Å². The Balaban J connectivity index is 0.000000152. The molecule has 17 rings (SSSR count). The van der Waals surface area contributed by atoms with Gasteiger partial charge in [0.15, 0.2) is 22.8 Å². The molecule has 14 aromatic rings. The van der Waals surface area contributed by atoms with Crippen LogP contribution in [0.4, 0.5) is 37.7 Å². The second-order valence-electron chi connectivity index (χ2n) is 34.7. The summed E-state index contributed by atoms with van der Waals surface area (Å²) in [6.07, 6.45) is 8.67. The van der Waals surface area contributed by atoms with Gasteiger partial charge in [0.25, 0.3) is 0 Å². The third-order valence-corrected chi connectivity index (χ3v) is 25.1. The number of hydrogen-bond donors (Lipinski definition) is 4. The summed E-state index contributed by atoms with van der Waals surface area (Å²) in [4.78, 5) is 137. The van der Waals surface area contributed by atoms with Gasteiger partial charge >= 0.3 is 17.1 Å². The van der Waals surface area contributed by atoms with Gasteiger partial charge in [0, 0.05) is 105 Å². The maximum absolute atomic E-state index is 16.4. The molecule has 3 saturated heterocycles. The Kier molecular flexibility index (Phi) is 26.0. The number of aryl methyl sites for hydroxylation is 2. The van der Waals surface area contributed by atoms with E-state index in [0.717, 1.165) is 33.0 Å². The summed E-state index contributed by atoms with van der Waals surface area (Å²) in [7, 11) is 0. The fraction of sp³-hybridized carbons (Fsp3) is 0.293. The number of hydrogen-bond acceptors (Lipinski definition) is 23. The third kappa shape index (κ3) is 17.1. The van der Waals surface area contributed by atoms with E-state index in [1.807, 2.05) is 172 Å². The number of pyridine rings is 5. The first-order valence-electron chi connectivity index (χ1n) is 43.4. The van der Waals surface area contributed by atoms with Gasteiger partial charge in [-0.3, -0.25) is 24.4 Å². The maximum atomic E-state index is 16.4. The van der Waals surface area contributed by atoms with Crippen molar-refractivity contribution in [2.24, 2.45) is 0 Å². The van der Waals surface area contributed by atoms with Crippen molar-refractivity contribution < 1.29 is 33.4 Å². The predicted octanol–water partition coefficient (Wildman–Crippen LogP) is 16.2. The number of amides is 3. The van der Waals surface area contributed by atoms with Crippen molar-refractivity contribution in [2.75, 3.05) is 65.4 Å². The molecule has 12 heterocycles. The zero-order valence-electron chi connectivity index (χ0n) is 75.6. The van der Waals surface area contributed by atoms with E-state index in [2.05, 4.69) is 54.6 Å². The van der Waals surface area contributed by atoms with Crippen molar-refractivity contribution in [1.29, 1.82) is 0 Å². The Labute approximate surface area is 769 Å². The number of benzene rings is 5. The molecular weight excluding hydrogens is 1720 g/mol. The highest BCUT2D eigenvalue weighted by atomic mass is 35.5. The SMILES string of the molecule is C=CC(=O)N1CC(C)N(c2nc(=O)n(-c3c(C)ccnc3C(C)C)c3nc(-c4cc(O)cc5ccccc45)c(Cl)cc23)CC1C.C=CC(=O)N1CC(C)N(c2nc(=O)n(-c3c(C)ccnc3C(C)C)c3nc(-c4cc(O)cc5ccccc45)c(F)cc23)CC1C.C=CC(=O)N1CC(C)N(c2nc(=O)n(-c3c(N)ncnc3C(C)C)c3nc(-c4c(N)cccc4F)c(Cl)cc23)CC1C. The number of aromatic hydroxyl groups is 2. The molecule has 0 bridgehead atoms. The van der Waals surface area contributed by atoms with Crippen LogP contribution in [-0.2, 0) is 14.4 Å². The molecule has 132 heavy (non-hydrogen) atoms. The molecule has 5 aromatic carbocycles. The van der Waals surface area contributed by atoms with Gasteiger partial charge in [-0.15, -0.1) is 0 Å². The van der Waals surface area contributed by atoms with Crippen LogP contribution in [0.5, 0.6) is 11.5 Å². The molecule has 0 saturated carbocycles. The summed E-state index contributed by atoms with van der Waals surface area (Å²) < 4.78 is 35.7. The number of halogens is 4. The van der Waals surface area contributed by atoms with Crippen LogP contribution in [0, 0.1) is 25.5 Å². The average Bonchev–Trinajstić information content (AvgIpc) is 0.736. The van der Waals surface area contributed by atoms with Crippen molar-refractivity contribution in [3.05, 3.63) is 259 Å². The first-order chi connectivity index (χ1) is 62.9. The molecule has 0 aliphatic carbocycles. The molecule has 3 aliphatic heterocycles. The molecule has 678 valence electrons. The zero-order valence-corrected chi connectivity index (χ0v) is 77.1. The Morgan fingerprint density at radius 2 is 0.803 bits per heavy atom. The van der Waals surface area contributed by atoms with Gasteiger partial charge in [-0.25, -0.2) is 61.8 Å². The molecule has 3 aliphatic rings. The van der Waals surface area contributed by atoms with Crippen LogP contribution in [0.15, 0.2) is 192 Å². The first kappa shape index (κ1) is 92.3. The quantitative estimate of drug-likeness (QED) is 0.0547. The van der Waals surface area contributed by atoms with Crippen molar-refractivity contribution in [3.63, 3.8) is 0 Å². The van der Waals surface area contributed by atoms with E-state index < -0.39 is 28.7 Å². The molecule has 3 fully saturated rings. The van der Waals surface area contributed by atoms with Crippen molar-refractivity contribution >= 4 is 125 Å². The van der Waals surface area contributed by atoms with Crippen LogP contribution < -0.4 is 43.2 Å². The number of nitrogens with two attached hydrogens (primary N) is 2. The zero-order chi connectivity index (χ0) is 94.8. The monoisotopic (exact) mass is 1820 g/mol. The van der Waals surface area contributed by atoms with Gasteiger partial charge in [0.1, 0.15) is 58.3 Å². The van der Waals surface area contributed by atoms with E-state index in [1.54, 1.807) is 63.5 Å². The summed E-state index contributed by atoms with van der Waals surface area (Å²) >= 11 is 13.8. The molecule has 0 spiro atoms. The Bertz CT molecular complexity index is 6940. The minimum atomic E-state index is -0.687. The minimum absolute atomic E-state index is 0.00155. The number of rotatable bonds is 15. The lowest BCUT2D eigenvalue weighted by Gasteiger charge is -2.44. The molecule has 9 aromatic heterocycles. The lowest BCUT2D eigenvalue weighted by Crippen LogP contribution is -2.58. The number of phenols is 2. The summed E-state index contributed by atoms with van der Waals surface area (Å²) in [5.74, 6) is -0.740. The van der Waals surface area contributed by atoms with E-state index >= 15 is 8.78 Å². The molecule has 6 N–H and O–H groups in total. The summed E-state index contributed by atoms with van der Waals surface area (Å²) in [6.45, 7) is 40.6. The Morgan fingerprint density at radius 3 is 1.21 bits per heavy atom. The van der Waals surface area contributed by atoms with Crippen molar-refractivity contribution in [3.8, 4) is 62.3 Å². The van der Waals surface area contributed by atoms with Gasteiger partial charge in [0.2, 0.25) is 17.7 Å². The van der Waals surface area contributed by atoms with Crippen LogP contribution >= 0.6 is 23.2 Å². The summed E-state index contributed by atoms with van der Waals surface area (Å²) in [5.41, 5.74) is 18.1. The van der Waals surface area contributed by atoms with Gasteiger partial charge in [-0.05, 0) is 191 Å². The molecule has 6 unspecified atom stereocenters. The number of aromatic nitrogens is 13. The molecule has 6 atom stereocenters. The second kappa shape index (κ2) is 37.2. The van der Waals surface area contributed by atoms with Gasteiger partial charge in [0.05, 0.1) is 71.6 Å². The van der Waals surface area contributed by atoms with Crippen LogP contribution in [-0.4, -0.2) is 182 Å². The summed E-state index contributed by atoms with van der Waals surface area (Å²) in [6, 6.07) is 33.0. The second-order valence-corrected chi connectivity index (χ2v) is 35.5. The van der Waals surface area contributed by atoms with E-state index in [-0.39, 0.29) is 134 Å². The lowest BCUT2D eigenvalue weighted by atomic mass is 10.00. The first-order valence-corrected chi connectivity index (χ1v) is 44.2. The fourth-order valence-corrected chi connectivity index (χ4v) is 18.6. The van der Waals surface area contributed by atoms with Crippen LogP contribution in [0.25, 0.3) is 105 Å². The highest BCUT2D eigenvalue weighted by molar-refractivity contribution is 6.35. The Hall–Kier alpha value is -14.5. The number of piperazine rings is 3. The molecule has 29 nitrogen and oxygen atoms in total. The van der Waals surface area contributed by atoms with E-state index in [9.17, 15) is 39.0 Å². The molecule has 33 heteroatoms. The maximum Gasteiger partial charge on any atom is 0.356 e. The van der Waals surface area contributed by atoms with E-state index in [0.29, 0.717) is 129 Å². The lowest BCUT2D eigenvalue weighted by molar-refractivity contribution is -0.129. The standard InChI is InChI=1S/C35H35ClN6O3.C35H35FN6O3.C29H31ClFN9O2/c2*1-7-29(44)40-17-22(6)41(18-21(40)5)33-27-16-28(36)31(26-15-24(43)14-23-10-8-9-11-25(23)26)38-34(27)42(35(45)39-33)32-20(4)12-13-37-30(32)19(2)3;1-6-21(41)38-11-16(5)39(12-15(38)4)27-17-10-18(30)24(22-19(31)8-7-9-20(22)32)36-28(17)40(29(42)37-27)25-23(14(2)3)34-13-35-26(25)33/h2*7-16,19,21-22,43H,1,17-18H2,2-6H3;6-10,13-16H,1,11-12,32H2,2-5H3,(H2,33,34,35). The van der Waals surface area contributed by atoms with Crippen LogP contribution in [0.3, 0.4) is 0 Å². The highest BCUT2D eigenvalue weighted by Crippen LogP contribution is 2.44. The van der Waals surface area contributed by atoms with Crippen LogP contribution in [0.1, 0.15) is 129 Å². The minimum Gasteiger partial charge on any atom is -0.508 e. The largest absolute Gasteiger partial charge is 0.508 e. The summed E-state index contributed by atoms with van der Waals surface area (Å²) in [5, 5.41) is 26.1. The molecule has 3 amide bonds. The number of carbonyl (C=O) groups excluding carboxylic acids is 3. The molecular formula is C99H101Cl2F2N21O8. The van der Waals surface area contributed by atoms with Gasteiger partial charge in [-0.2, -0.15) is 15.0 Å². The number of nitrogens with zero attached hydrogens (tertiary/aromatic N) is 19. The smallest absolute Gasteiger partial charge is 0.356 e. The number of carbonyl (C=O) groups is 3. The van der Waals surface area contributed by atoms with E-state index in [4.69, 9.17) is 49.6 Å². The fourth-order valence-electron chi connectivity index (χ4n) is 18.1.